The maximum absolute atomic E-state index is 14.4. The highest BCUT2D eigenvalue weighted by Crippen LogP contribution is 2.30. The molecule has 1 aliphatic heterocycles. The minimum Gasteiger partial charge on any atom is -0.453 e. The van der Waals surface area contributed by atoms with Crippen LogP contribution in [0.25, 0.3) is 16.9 Å². The summed E-state index contributed by atoms with van der Waals surface area (Å²) in [5.41, 5.74) is 5.36. The van der Waals surface area contributed by atoms with Gasteiger partial charge in [0.1, 0.15) is 11.5 Å². The number of fused-ring (bicyclic) bond motifs is 1. The molecular weight excluding hydrogens is 439 g/mol. The Bertz CT molecular complexity index is 1190. The van der Waals surface area contributed by atoms with Crippen molar-refractivity contribution in [3.05, 3.63) is 58.7 Å². The minimum atomic E-state index is -0.533. The number of carbonyl (C=O) groups excluding carboxylic acids is 2. The summed E-state index contributed by atoms with van der Waals surface area (Å²) in [6.45, 7) is 8.50. The molecule has 2 aromatic heterocycles. The standard InChI is InChI=1S/C19H20FN3O.C6H11NO3/c1-5-13-9-15(19(24)21-4)16(20)10-14(13)18-12(3)23-7-6-11(2)8-17(23)22-18;1-9-6(8)7-2-4-10-5-3-7/h6-10H,5H2,1-4H3,(H,21,24);2-5H2,1H3. The summed E-state index contributed by atoms with van der Waals surface area (Å²) in [6, 6.07) is 7.06. The summed E-state index contributed by atoms with van der Waals surface area (Å²) >= 11 is 0. The Hall–Kier alpha value is -3.46. The third-order valence-electron chi connectivity index (χ3n) is 5.76. The predicted octanol–water partition coefficient (Wildman–Crippen LogP) is 3.76. The van der Waals surface area contributed by atoms with Gasteiger partial charge < -0.3 is 24.1 Å². The average molecular weight is 471 g/mol. The SMILES string of the molecule is CCc1cc(C(=O)NC)c(F)cc1-c1nc2cc(C)ccn2c1C.COC(=O)N1CCOCC1. The molecule has 0 atom stereocenters. The number of nitrogens with zero attached hydrogens (tertiary/aromatic N) is 3. The second-order valence-electron chi connectivity index (χ2n) is 7.97. The monoisotopic (exact) mass is 470 g/mol. The molecule has 1 N–H and O–H groups in total. The number of halogens is 1. The molecule has 0 aliphatic carbocycles. The number of hydrogen-bond acceptors (Lipinski definition) is 5. The van der Waals surface area contributed by atoms with Gasteiger partial charge in [0.2, 0.25) is 0 Å². The van der Waals surface area contributed by atoms with Crippen LogP contribution in [0, 0.1) is 19.7 Å². The highest BCUT2D eigenvalue weighted by molar-refractivity contribution is 5.95. The number of imidazole rings is 1. The Morgan fingerprint density at radius 1 is 1.21 bits per heavy atom. The first-order valence-electron chi connectivity index (χ1n) is 11.2. The van der Waals surface area contributed by atoms with Crippen molar-refractivity contribution in [1.29, 1.82) is 0 Å². The summed E-state index contributed by atoms with van der Waals surface area (Å²) in [5, 5.41) is 2.47. The second kappa shape index (κ2) is 11.1. The Labute approximate surface area is 198 Å². The molecule has 9 heteroatoms. The van der Waals surface area contributed by atoms with Crippen molar-refractivity contribution in [3.8, 4) is 11.3 Å². The maximum Gasteiger partial charge on any atom is 0.409 e. The van der Waals surface area contributed by atoms with E-state index < -0.39 is 11.7 Å². The topological polar surface area (TPSA) is 85.2 Å². The quantitative estimate of drug-likeness (QED) is 0.630. The molecule has 0 radical (unpaired) electrons. The number of ether oxygens (including phenoxy) is 2. The van der Waals surface area contributed by atoms with Crippen molar-refractivity contribution in [2.45, 2.75) is 27.2 Å². The second-order valence-corrected chi connectivity index (χ2v) is 7.97. The van der Waals surface area contributed by atoms with Crippen LogP contribution in [0.5, 0.6) is 0 Å². The highest BCUT2D eigenvalue weighted by atomic mass is 19.1. The van der Waals surface area contributed by atoms with Crippen molar-refractivity contribution in [1.82, 2.24) is 19.6 Å². The number of hydrogen-bond donors (Lipinski definition) is 1. The summed E-state index contributed by atoms with van der Waals surface area (Å²) in [5.74, 6) is -0.953. The van der Waals surface area contributed by atoms with Gasteiger partial charge in [0.05, 0.1) is 31.6 Å². The van der Waals surface area contributed by atoms with E-state index in [1.165, 1.54) is 20.2 Å². The number of rotatable bonds is 3. The van der Waals surface area contributed by atoms with Crippen LogP contribution in [0.2, 0.25) is 0 Å². The molecule has 1 aliphatic rings. The third-order valence-corrected chi connectivity index (χ3v) is 5.76. The van der Waals surface area contributed by atoms with Gasteiger partial charge in [0, 0.05) is 37.6 Å². The van der Waals surface area contributed by atoms with Crippen LogP contribution in [0.1, 0.15) is 34.1 Å². The predicted molar refractivity (Wildman–Crippen MR) is 128 cm³/mol. The number of carbonyl (C=O) groups is 2. The van der Waals surface area contributed by atoms with Crippen LogP contribution < -0.4 is 5.32 Å². The Morgan fingerprint density at radius 3 is 2.53 bits per heavy atom. The zero-order chi connectivity index (χ0) is 24.8. The fraction of sp³-hybridized carbons (Fsp3) is 0.400. The van der Waals surface area contributed by atoms with Crippen molar-refractivity contribution in [3.63, 3.8) is 0 Å². The van der Waals surface area contributed by atoms with Gasteiger partial charge in [-0.1, -0.05) is 6.92 Å². The first kappa shape index (κ1) is 25.2. The molecule has 2 amide bonds. The summed E-state index contributed by atoms with van der Waals surface area (Å²) in [6.07, 6.45) is 2.40. The third kappa shape index (κ3) is 5.36. The van der Waals surface area contributed by atoms with Gasteiger partial charge in [-0.05, 0) is 55.7 Å². The molecule has 0 saturated carbocycles. The lowest BCUT2D eigenvalue weighted by Gasteiger charge is -2.24. The van der Waals surface area contributed by atoms with Crippen LogP contribution in [-0.4, -0.2) is 66.7 Å². The van der Waals surface area contributed by atoms with E-state index in [0.29, 0.717) is 32.7 Å². The Balaban J connectivity index is 0.000000271. The molecule has 3 aromatic rings. The normalized spacial score (nSPS) is 13.3. The molecule has 0 bridgehead atoms. The molecule has 4 rings (SSSR count). The van der Waals surface area contributed by atoms with Gasteiger partial charge in [-0.2, -0.15) is 0 Å². The number of aromatic nitrogens is 2. The number of morpholine rings is 1. The van der Waals surface area contributed by atoms with E-state index in [1.807, 2.05) is 43.5 Å². The molecule has 8 nitrogen and oxygen atoms in total. The average Bonchev–Trinajstić information content (AvgIpc) is 3.18. The number of nitrogens with one attached hydrogen (secondary N) is 1. The molecule has 1 fully saturated rings. The molecule has 182 valence electrons. The molecule has 0 unspecified atom stereocenters. The van der Waals surface area contributed by atoms with Crippen LogP contribution in [0.4, 0.5) is 9.18 Å². The first-order chi connectivity index (χ1) is 16.3. The van der Waals surface area contributed by atoms with Gasteiger partial charge in [-0.15, -0.1) is 0 Å². The maximum atomic E-state index is 14.4. The Kier molecular flexibility index (Phi) is 8.22. The highest BCUT2D eigenvalue weighted by Gasteiger charge is 2.19. The van der Waals surface area contributed by atoms with E-state index in [9.17, 15) is 14.0 Å². The van der Waals surface area contributed by atoms with E-state index in [4.69, 9.17) is 4.74 Å². The number of amides is 2. The summed E-state index contributed by atoms with van der Waals surface area (Å²) < 4.78 is 26.0. The lowest BCUT2D eigenvalue weighted by molar-refractivity contribution is 0.0334. The molecule has 0 spiro atoms. The fourth-order valence-corrected chi connectivity index (χ4v) is 3.84. The van der Waals surface area contributed by atoms with E-state index in [2.05, 4.69) is 15.0 Å². The van der Waals surface area contributed by atoms with E-state index >= 15 is 0 Å². The lowest BCUT2D eigenvalue weighted by atomic mass is 9.97. The van der Waals surface area contributed by atoms with E-state index in [0.717, 1.165) is 33.7 Å². The molecule has 34 heavy (non-hydrogen) atoms. The summed E-state index contributed by atoms with van der Waals surface area (Å²) in [7, 11) is 2.88. The fourth-order valence-electron chi connectivity index (χ4n) is 3.84. The van der Waals surface area contributed by atoms with Crippen molar-refractivity contribution < 1.29 is 23.5 Å². The zero-order valence-electron chi connectivity index (χ0n) is 20.3. The van der Waals surface area contributed by atoms with E-state index in [1.54, 1.807) is 11.0 Å². The minimum absolute atomic E-state index is 0.0651. The molecule has 3 heterocycles. The van der Waals surface area contributed by atoms with Crippen LogP contribution in [0.15, 0.2) is 30.5 Å². The van der Waals surface area contributed by atoms with Gasteiger partial charge in [-0.3, -0.25) is 4.79 Å². The summed E-state index contributed by atoms with van der Waals surface area (Å²) in [4.78, 5) is 29.0. The van der Waals surface area contributed by atoms with Gasteiger partial charge >= 0.3 is 6.09 Å². The molecule has 1 saturated heterocycles. The van der Waals surface area contributed by atoms with E-state index in [-0.39, 0.29) is 11.7 Å². The lowest BCUT2D eigenvalue weighted by Crippen LogP contribution is -2.40. The van der Waals surface area contributed by atoms with Crippen molar-refractivity contribution in [2.75, 3.05) is 40.5 Å². The molecular formula is C25H31FN4O4. The van der Waals surface area contributed by atoms with Crippen LogP contribution >= 0.6 is 0 Å². The van der Waals surface area contributed by atoms with Gasteiger partial charge in [0.25, 0.3) is 5.91 Å². The van der Waals surface area contributed by atoms with Gasteiger partial charge in [0.15, 0.2) is 0 Å². The first-order valence-corrected chi connectivity index (χ1v) is 11.2. The zero-order valence-corrected chi connectivity index (χ0v) is 20.3. The van der Waals surface area contributed by atoms with Crippen molar-refractivity contribution in [2.24, 2.45) is 0 Å². The number of methoxy groups -OCH3 is 1. The smallest absolute Gasteiger partial charge is 0.409 e. The number of benzene rings is 1. The molecule has 1 aromatic carbocycles. The Morgan fingerprint density at radius 2 is 1.91 bits per heavy atom. The number of pyridine rings is 1. The number of aryl methyl sites for hydroxylation is 3. The van der Waals surface area contributed by atoms with Gasteiger partial charge in [-0.25, -0.2) is 14.2 Å². The van der Waals surface area contributed by atoms with Crippen LogP contribution in [-0.2, 0) is 15.9 Å². The van der Waals surface area contributed by atoms with Crippen LogP contribution in [0.3, 0.4) is 0 Å². The largest absolute Gasteiger partial charge is 0.453 e. The van der Waals surface area contributed by atoms with Crippen molar-refractivity contribution >= 4 is 17.6 Å².